The summed E-state index contributed by atoms with van der Waals surface area (Å²) in [5.41, 5.74) is 0.786. The van der Waals surface area contributed by atoms with Crippen LogP contribution in [0.15, 0.2) is 24.3 Å². The summed E-state index contributed by atoms with van der Waals surface area (Å²) in [5, 5.41) is 0. The Hall–Kier alpha value is -1.55. The van der Waals surface area contributed by atoms with Gasteiger partial charge in [-0.25, -0.2) is 0 Å². The molecule has 3 rings (SSSR count). The fourth-order valence-electron chi connectivity index (χ4n) is 3.05. The normalized spacial score (nSPS) is 24.7. The SMILES string of the molecule is CC1(C)COCCN1C(=O)C1CCOc2ccccc21. The minimum atomic E-state index is -0.234. The van der Waals surface area contributed by atoms with Crippen molar-refractivity contribution < 1.29 is 14.3 Å². The first kappa shape index (κ1) is 13.4. The molecule has 1 fully saturated rings. The van der Waals surface area contributed by atoms with Gasteiger partial charge in [0.25, 0.3) is 0 Å². The highest BCUT2D eigenvalue weighted by Crippen LogP contribution is 2.36. The summed E-state index contributed by atoms with van der Waals surface area (Å²) in [6.45, 7) is 6.64. The number of carbonyl (C=O) groups is 1. The summed E-state index contributed by atoms with van der Waals surface area (Å²) < 4.78 is 11.2. The van der Waals surface area contributed by atoms with E-state index < -0.39 is 0 Å². The van der Waals surface area contributed by atoms with Crippen LogP contribution in [0, 0.1) is 0 Å². The second-order valence-electron chi connectivity index (χ2n) is 6.08. The molecule has 0 bridgehead atoms. The van der Waals surface area contributed by atoms with Crippen molar-refractivity contribution in [2.75, 3.05) is 26.4 Å². The zero-order valence-electron chi connectivity index (χ0n) is 12.1. The van der Waals surface area contributed by atoms with Crippen LogP contribution in [-0.2, 0) is 9.53 Å². The summed E-state index contributed by atoms with van der Waals surface area (Å²) in [6.07, 6.45) is 0.753. The maximum atomic E-state index is 12.9. The highest BCUT2D eigenvalue weighted by Gasteiger charge is 2.39. The number of para-hydroxylation sites is 1. The van der Waals surface area contributed by atoms with Crippen molar-refractivity contribution in [3.8, 4) is 5.75 Å². The molecule has 0 radical (unpaired) electrons. The van der Waals surface area contributed by atoms with Gasteiger partial charge in [0.05, 0.1) is 31.3 Å². The van der Waals surface area contributed by atoms with Crippen LogP contribution in [0.2, 0.25) is 0 Å². The van der Waals surface area contributed by atoms with Crippen molar-refractivity contribution >= 4 is 5.91 Å². The lowest BCUT2D eigenvalue weighted by atomic mass is 9.89. The van der Waals surface area contributed by atoms with Crippen LogP contribution in [0.25, 0.3) is 0 Å². The Morgan fingerprint density at radius 2 is 2.10 bits per heavy atom. The highest BCUT2D eigenvalue weighted by atomic mass is 16.5. The van der Waals surface area contributed by atoms with E-state index in [-0.39, 0.29) is 17.4 Å². The van der Waals surface area contributed by atoms with E-state index in [1.54, 1.807) is 0 Å². The lowest BCUT2D eigenvalue weighted by Crippen LogP contribution is -2.57. The maximum absolute atomic E-state index is 12.9. The molecule has 1 aromatic rings. The fourth-order valence-corrected chi connectivity index (χ4v) is 3.05. The molecule has 1 amide bonds. The molecular weight excluding hydrogens is 254 g/mol. The number of fused-ring (bicyclic) bond motifs is 1. The van der Waals surface area contributed by atoms with E-state index in [0.29, 0.717) is 26.4 Å². The number of amides is 1. The first-order valence-corrected chi connectivity index (χ1v) is 7.20. The van der Waals surface area contributed by atoms with Gasteiger partial charge in [-0.2, -0.15) is 0 Å². The van der Waals surface area contributed by atoms with Crippen LogP contribution in [-0.4, -0.2) is 42.7 Å². The zero-order valence-corrected chi connectivity index (χ0v) is 12.1. The number of hydrogen-bond donors (Lipinski definition) is 0. The van der Waals surface area contributed by atoms with Gasteiger partial charge in [-0.3, -0.25) is 4.79 Å². The molecule has 2 aliphatic rings. The molecule has 0 spiro atoms. The molecule has 0 aliphatic carbocycles. The van der Waals surface area contributed by atoms with Crippen LogP contribution in [0.5, 0.6) is 5.75 Å². The Balaban J connectivity index is 1.88. The predicted octanol–water partition coefficient (Wildman–Crippen LogP) is 2.19. The summed E-state index contributed by atoms with van der Waals surface area (Å²) in [6, 6.07) is 7.87. The van der Waals surface area contributed by atoms with E-state index in [0.717, 1.165) is 17.7 Å². The number of benzene rings is 1. The summed E-state index contributed by atoms with van der Waals surface area (Å²) in [4.78, 5) is 14.9. The molecule has 4 heteroatoms. The molecule has 0 saturated carbocycles. The Bertz CT molecular complexity index is 512. The number of ether oxygens (including phenoxy) is 2. The lowest BCUT2D eigenvalue weighted by molar-refractivity contribution is -0.148. The van der Waals surface area contributed by atoms with Crippen molar-refractivity contribution in [2.45, 2.75) is 31.7 Å². The van der Waals surface area contributed by atoms with Gasteiger partial charge in [-0.1, -0.05) is 18.2 Å². The Morgan fingerprint density at radius 1 is 1.30 bits per heavy atom. The molecule has 2 aliphatic heterocycles. The Labute approximate surface area is 119 Å². The van der Waals surface area contributed by atoms with Crippen molar-refractivity contribution in [2.24, 2.45) is 0 Å². The van der Waals surface area contributed by atoms with E-state index in [1.807, 2.05) is 29.2 Å². The molecule has 108 valence electrons. The maximum Gasteiger partial charge on any atom is 0.230 e. The van der Waals surface area contributed by atoms with Gasteiger partial charge >= 0.3 is 0 Å². The monoisotopic (exact) mass is 275 g/mol. The minimum absolute atomic E-state index is 0.0858. The van der Waals surface area contributed by atoms with Crippen molar-refractivity contribution in [1.82, 2.24) is 4.90 Å². The van der Waals surface area contributed by atoms with Crippen molar-refractivity contribution in [3.05, 3.63) is 29.8 Å². The molecule has 4 nitrogen and oxygen atoms in total. The third-order valence-corrected chi connectivity index (χ3v) is 4.17. The second kappa shape index (κ2) is 5.09. The summed E-state index contributed by atoms with van der Waals surface area (Å²) >= 11 is 0. The molecule has 2 heterocycles. The fraction of sp³-hybridized carbons (Fsp3) is 0.562. The van der Waals surface area contributed by atoms with Crippen LogP contribution in [0.1, 0.15) is 31.7 Å². The topological polar surface area (TPSA) is 38.8 Å². The molecule has 1 aromatic carbocycles. The van der Waals surface area contributed by atoms with Crippen LogP contribution in [0.3, 0.4) is 0 Å². The molecule has 1 atom stereocenters. The second-order valence-corrected chi connectivity index (χ2v) is 6.08. The molecule has 0 aromatic heterocycles. The van der Waals surface area contributed by atoms with Gasteiger partial charge in [-0.15, -0.1) is 0 Å². The number of hydrogen-bond acceptors (Lipinski definition) is 3. The number of carbonyl (C=O) groups excluding carboxylic acids is 1. The molecule has 1 saturated heterocycles. The van der Waals surface area contributed by atoms with Gasteiger partial charge in [0, 0.05) is 12.1 Å². The van der Waals surface area contributed by atoms with Crippen LogP contribution >= 0.6 is 0 Å². The number of morpholine rings is 1. The van der Waals surface area contributed by atoms with E-state index in [4.69, 9.17) is 9.47 Å². The summed E-state index contributed by atoms with van der Waals surface area (Å²) in [7, 11) is 0. The first-order chi connectivity index (χ1) is 9.59. The van der Waals surface area contributed by atoms with Crippen molar-refractivity contribution in [1.29, 1.82) is 0 Å². The van der Waals surface area contributed by atoms with Crippen LogP contribution in [0.4, 0.5) is 0 Å². The number of nitrogens with zero attached hydrogens (tertiary/aromatic N) is 1. The standard InChI is InChI=1S/C16H21NO3/c1-16(2)11-19-10-8-17(16)15(18)13-7-9-20-14-6-4-3-5-12(13)14/h3-6,13H,7-11H2,1-2H3. The molecular formula is C16H21NO3. The van der Waals surface area contributed by atoms with Gasteiger partial charge in [0.15, 0.2) is 0 Å². The third kappa shape index (κ3) is 2.29. The smallest absolute Gasteiger partial charge is 0.230 e. The lowest BCUT2D eigenvalue weighted by Gasteiger charge is -2.44. The average Bonchev–Trinajstić information content (AvgIpc) is 2.45. The first-order valence-electron chi connectivity index (χ1n) is 7.20. The molecule has 1 unspecified atom stereocenters. The zero-order chi connectivity index (χ0) is 14.2. The minimum Gasteiger partial charge on any atom is -0.493 e. The molecule has 20 heavy (non-hydrogen) atoms. The predicted molar refractivity (Wildman–Crippen MR) is 75.9 cm³/mol. The molecule has 0 N–H and O–H groups in total. The Kier molecular flexibility index (Phi) is 3.42. The van der Waals surface area contributed by atoms with E-state index in [1.165, 1.54) is 0 Å². The third-order valence-electron chi connectivity index (χ3n) is 4.17. The Morgan fingerprint density at radius 3 is 2.90 bits per heavy atom. The van der Waals surface area contributed by atoms with Gasteiger partial charge in [-0.05, 0) is 26.3 Å². The van der Waals surface area contributed by atoms with Gasteiger partial charge < -0.3 is 14.4 Å². The number of rotatable bonds is 1. The summed E-state index contributed by atoms with van der Waals surface area (Å²) in [5.74, 6) is 0.967. The average molecular weight is 275 g/mol. The van der Waals surface area contributed by atoms with Crippen molar-refractivity contribution in [3.63, 3.8) is 0 Å². The largest absolute Gasteiger partial charge is 0.493 e. The highest BCUT2D eigenvalue weighted by molar-refractivity contribution is 5.85. The quantitative estimate of drug-likeness (QED) is 0.788. The van der Waals surface area contributed by atoms with E-state index in [9.17, 15) is 4.79 Å². The van der Waals surface area contributed by atoms with E-state index in [2.05, 4.69) is 13.8 Å². The van der Waals surface area contributed by atoms with Crippen LogP contribution < -0.4 is 4.74 Å². The van der Waals surface area contributed by atoms with Gasteiger partial charge in [0.2, 0.25) is 5.91 Å². The van der Waals surface area contributed by atoms with E-state index >= 15 is 0 Å². The van der Waals surface area contributed by atoms with Gasteiger partial charge in [0.1, 0.15) is 5.75 Å².